The first-order chi connectivity index (χ1) is 9.70. The van der Waals surface area contributed by atoms with Gasteiger partial charge in [0.15, 0.2) is 0 Å². The normalized spacial score (nSPS) is 14.8. The van der Waals surface area contributed by atoms with Gasteiger partial charge < -0.3 is 10.1 Å². The molecule has 3 heteroatoms. The minimum absolute atomic E-state index is 0.0988. The first-order valence-corrected chi connectivity index (χ1v) is 7.26. The quantitative estimate of drug-likeness (QED) is 0.925. The van der Waals surface area contributed by atoms with Crippen molar-refractivity contribution in [3.05, 3.63) is 63.7 Å². The number of hydrogen-bond acceptors (Lipinski definition) is 2. The number of hydrogen-bond donors (Lipinski definition) is 1. The molecular weight excluding hydrogens is 270 g/mol. The summed E-state index contributed by atoms with van der Waals surface area (Å²) < 4.78 is 5.83. The van der Waals surface area contributed by atoms with E-state index >= 15 is 0 Å². The Bertz CT molecular complexity index is 639. The maximum atomic E-state index is 6.27. The fourth-order valence-electron chi connectivity index (χ4n) is 2.90. The Balaban J connectivity index is 2.13. The van der Waals surface area contributed by atoms with Gasteiger partial charge in [0.1, 0.15) is 5.75 Å². The lowest BCUT2D eigenvalue weighted by molar-refractivity contribution is 0.351. The summed E-state index contributed by atoms with van der Waals surface area (Å²) >= 11 is 6.27. The van der Waals surface area contributed by atoms with Crippen LogP contribution in [0.4, 0.5) is 0 Å². The second kappa shape index (κ2) is 5.47. The molecule has 0 radical (unpaired) electrons. The molecule has 0 amide bonds. The van der Waals surface area contributed by atoms with Crippen molar-refractivity contribution in [1.82, 2.24) is 5.32 Å². The van der Waals surface area contributed by atoms with E-state index in [1.54, 1.807) is 0 Å². The summed E-state index contributed by atoms with van der Waals surface area (Å²) in [6.45, 7) is 2.87. The van der Waals surface area contributed by atoms with Gasteiger partial charge in [0.2, 0.25) is 0 Å². The van der Waals surface area contributed by atoms with Crippen molar-refractivity contribution in [2.75, 3.05) is 13.7 Å². The third-order valence-corrected chi connectivity index (χ3v) is 4.09. The second-order valence-corrected chi connectivity index (χ2v) is 5.60. The third-order valence-electron chi connectivity index (χ3n) is 3.88. The average Bonchev–Trinajstić information content (AvgIpc) is 2.89. The molecule has 1 aliphatic rings. The zero-order valence-corrected chi connectivity index (χ0v) is 12.5. The Kier molecular flexibility index (Phi) is 3.68. The molecule has 1 atom stereocenters. The summed E-state index contributed by atoms with van der Waals surface area (Å²) in [6, 6.07) is 12.5. The number of nitrogens with one attached hydrogen (secondary N) is 1. The van der Waals surface area contributed by atoms with Crippen LogP contribution in [0.25, 0.3) is 0 Å². The predicted octanol–water partition coefficient (Wildman–Crippen LogP) is 3.89. The standard InChI is InChI=1S/C17H18ClNO/c1-11-5-3-4-6-14(11)16(19-2)15-10-13(18)9-12-7-8-20-17(12)15/h3-6,9-10,16,19H,7-8H2,1-2H3. The van der Waals surface area contributed by atoms with E-state index < -0.39 is 0 Å². The second-order valence-electron chi connectivity index (χ2n) is 5.16. The highest BCUT2D eigenvalue weighted by Gasteiger charge is 2.24. The lowest BCUT2D eigenvalue weighted by Crippen LogP contribution is -2.19. The van der Waals surface area contributed by atoms with E-state index in [2.05, 4.69) is 36.5 Å². The van der Waals surface area contributed by atoms with E-state index in [1.165, 1.54) is 16.7 Å². The largest absolute Gasteiger partial charge is 0.493 e. The fraction of sp³-hybridized carbons (Fsp3) is 0.294. The number of fused-ring (bicyclic) bond motifs is 1. The molecule has 1 heterocycles. The van der Waals surface area contributed by atoms with Gasteiger partial charge in [-0.1, -0.05) is 35.9 Å². The molecule has 1 aliphatic heterocycles. The summed E-state index contributed by atoms with van der Waals surface area (Å²) in [5.74, 6) is 0.997. The molecule has 0 bridgehead atoms. The predicted molar refractivity (Wildman–Crippen MR) is 82.7 cm³/mol. The van der Waals surface area contributed by atoms with Crippen LogP contribution in [-0.4, -0.2) is 13.7 Å². The van der Waals surface area contributed by atoms with Crippen molar-refractivity contribution >= 4 is 11.6 Å². The van der Waals surface area contributed by atoms with Gasteiger partial charge in [-0.25, -0.2) is 0 Å². The van der Waals surface area contributed by atoms with Gasteiger partial charge in [-0.3, -0.25) is 0 Å². The highest BCUT2D eigenvalue weighted by atomic mass is 35.5. The highest BCUT2D eigenvalue weighted by molar-refractivity contribution is 6.30. The molecule has 0 spiro atoms. The highest BCUT2D eigenvalue weighted by Crippen LogP contribution is 2.39. The van der Waals surface area contributed by atoms with Crippen molar-refractivity contribution in [1.29, 1.82) is 0 Å². The van der Waals surface area contributed by atoms with E-state index in [1.807, 2.05) is 19.2 Å². The third kappa shape index (κ3) is 2.30. The zero-order chi connectivity index (χ0) is 14.1. The Hall–Kier alpha value is -1.51. The number of ether oxygens (including phenoxy) is 1. The molecule has 104 valence electrons. The lowest BCUT2D eigenvalue weighted by Gasteiger charge is -2.22. The Morgan fingerprint density at radius 3 is 2.75 bits per heavy atom. The van der Waals surface area contributed by atoms with Gasteiger partial charge in [0.05, 0.1) is 12.6 Å². The lowest BCUT2D eigenvalue weighted by atomic mass is 9.93. The molecule has 1 N–H and O–H groups in total. The van der Waals surface area contributed by atoms with E-state index in [-0.39, 0.29) is 6.04 Å². The molecule has 0 aromatic heterocycles. The van der Waals surface area contributed by atoms with Gasteiger partial charge in [0.25, 0.3) is 0 Å². The monoisotopic (exact) mass is 287 g/mol. The zero-order valence-electron chi connectivity index (χ0n) is 11.7. The molecule has 2 aromatic carbocycles. The molecule has 0 fully saturated rings. The van der Waals surface area contributed by atoms with Crippen LogP contribution in [0.15, 0.2) is 36.4 Å². The van der Waals surface area contributed by atoms with Crippen LogP contribution in [0.1, 0.15) is 28.3 Å². The molecule has 1 unspecified atom stereocenters. The number of benzene rings is 2. The van der Waals surface area contributed by atoms with Crippen LogP contribution in [0.5, 0.6) is 5.75 Å². The van der Waals surface area contributed by atoms with Gasteiger partial charge in [-0.15, -0.1) is 0 Å². The molecule has 0 aliphatic carbocycles. The van der Waals surface area contributed by atoms with Crippen molar-refractivity contribution < 1.29 is 4.74 Å². The SMILES string of the molecule is CNC(c1ccccc1C)c1cc(Cl)cc2c1OCC2. The first kappa shape index (κ1) is 13.5. The number of halogens is 1. The summed E-state index contributed by atoms with van der Waals surface area (Å²) in [5.41, 5.74) is 4.86. The molecule has 3 rings (SSSR count). The van der Waals surface area contributed by atoms with Crippen molar-refractivity contribution in [2.24, 2.45) is 0 Å². The topological polar surface area (TPSA) is 21.3 Å². The molecule has 2 nitrogen and oxygen atoms in total. The maximum absolute atomic E-state index is 6.27. The molecule has 0 saturated carbocycles. The molecular formula is C17H18ClNO. The fourth-order valence-corrected chi connectivity index (χ4v) is 3.15. The smallest absolute Gasteiger partial charge is 0.127 e. The Labute approximate surface area is 124 Å². The summed E-state index contributed by atoms with van der Waals surface area (Å²) in [5, 5.41) is 4.17. The average molecular weight is 288 g/mol. The molecule has 2 aromatic rings. The maximum Gasteiger partial charge on any atom is 0.127 e. The minimum Gasteiger partial charge on any atom is -0.493 e. The van der Waals surface area contributed by atoms with Gasteiger partial charge in [-0.05, 0) is 42.8 Å². The van der Waals surface area contributed by atoms with E-state index in [4.69, 9.17) is 16.3 Å². The van der Waals surface area contributed by atoms with Crippen molar-refractivity contribution in [3.63, 3.8) is 0 Å². The van der Waals surface area contributed by atoms with Crippen LogP contribution >= 0.6 is 11.6 Å². The first-order valence-electron chi connectivity index (χ1n) is 6.88. The van der Waals surface area contributed by atoms with Gasteiger partial charge in [0, 0.05) is 17.0 Å². The van der Waals surface area contributed by atoms with Gasteiger partial charge in [-0.2, -0.15) is 0 Å². The minimum atomic E-state index is 0.0988. The number of aryl methyl sites for hydroxylation is 1. The van der Waals surface area contributed by atoms with Crippen LogP contribution in [0, 0.1) is 6.92 Å². The summed E-state index contributed by atoms with van der Waals surface area (Å²) in [7, 11) is 1.97. The Morgan fingerprint density at radius 1 is 1.20 bits per heavy atom. The van der Waals surface area contributed by atoms with E-state index in [0.29, 0.717) is 0 Å². The summed E-state index contributed by atoms with van der Waals surface area (Å²) in [6.07, 6.45) is 0.938. The van der Waals surface area contributed by atoms with Gasteiger partial charge >= 0.3 is 0 Å². The number of rotatable bonds is 3. The Morgan fingerprint density at radius 2 is 2.00 bits per heavy atom. The summed E-state index contributed by atoms with van der Waals surface area (Å²) in [4.78, 5) is 0. The van der Waals surface area contributed by atoms with Crippen LogP contribution in [0.2, 0.25) is 5.02 Å². The van der Waals surface area contributed by atoms with Crippen molar-refractivity contribution in [3.8, 4) is 5.75 Å². The van der Waals surface area contributed by atoms with E-state index in [9.17, 15) is 0 Å². The van der Waals surface area contributed by atoms with E-state index in [0.717, 1.165) is 29.4 Å². The molecule has 20 heavy (non-hydrogen) atoms. The van der Waals surface area contributed by atoms with Crippen LogP contribution in [0.3, 0.4) is 0 Å². The van der Waals surface area contributed by atoms with Crippen molar-refractivity contribution in [2.45, 2.75) is 19.4 Å². The molecule has 0 saturated heterocycles. The van der Waals surface area contributed by atoms with Crippen LogP contribution < -0.4 is 10.1 Å². The van der Waals surface area contributed by atoms with Crippen LogP contribution in [-0.2, 0) is 6.42 Å².